The minimum atomic E-state index is -0.532. The molecule has 158 valence electrons. The number of aromatic nitrogens is 3. The molecule has 1 amide bonds. The second-order valence-corrected chi connectivity index (χ2v) is 7.83. The highest BCUT2D eigenvalue weighted by Crippen LogP contribution is 2.40. The summed E-state index contributed by atoms with van der Waals surface area (Å²) < 4.78 is 1.49. The van der Waals surface area contributed by atoms with Gasteiger partial charge in [-0.3, -0.25) is 19.1 Å². The number of pyridine rings is 1. The molecule has 2 aromatic heterocycles. The van der Waals surface area contributed by atoms with Crippen LogP contribution in [0.15, 0.2) is 15.7 Å². The largest absolute Gasteiger partial charge is 0.334 e. The molecule has 2 aromatic rings. The van der Waals surface area contributed by atoms with E-state index in [4.69, 9.17) is 0 Å². The number of aryl methyl sites for hydroxylation is 1. The minimum Gasteiger partial charge on any atom is -0.334 e. The minimum absolute atomic E-state index is 0. The van der Waals surface area contributed by atoms with Crippen molar-refractivity contribution in [2.45, 2.75) is 57.5 Å². The number of carbonyl (C=O) groups is 1. The molecule has 1 unspecified atom stereocenters. The summed E-state index contributed by atoms with van der Waals surface area (Å²) in [5, 5.41) is 3.38. The quantitative estimate of drug-likeness (QED) is 0.738. The Morgan fingerprint density at radius 1 is 1.31 bits per heavy atom. The lowest BCUT2D eigenvalue weighted by atomic mass is 10.1. The van der Waals surface area contributed by atoms with Crippen LogP contribution >= 0.6 is 12.4 Å². The molecular formula is C20H28ClN5O3. The maximum Gasteiger partial charge on any atom is 0.329 e. The zero-order chi connectivity index (χ0) is 19.8. The highest BCUT2D eigenvalue weighted by atomic mass is 35.5. The van der Waals surface area contributed by atoms with Gasteiger partial charge < -0.3 is 10.2 Å². The van der Waals surface area contributed by atoms with E-state index in [1.54, 1.807) is 6.07 Å². The van der Waals surface area contributed by atoms with Gasteiger partial charge in [0.1, 0.15) is 0 Å². The van der Waals surface area contributed by atoms with Gasteiger partial charge in [0.15, 0.2) is 5.65 Å². The summed E-state index contributed by atoms with van der Waals surface area (Å²) in [4.78, 5) is 47.5. The molecule has 3 heterocycles. The van der Waals surface area contributed by atoms with E-state index in [0.717, 1.165) is 44.3 Å². The van der Waals surface area contributed by atoms with Gasteiger partial charge >= 0.3 is 5.69 Å². The van der Waals surface area contributed by atoms with E-state index in [2.05, 4.69) is 15.3 Å². The Morgan fingerprint density at radius 2 is 2.07 bits per heavy atom. The molecule has 2 N–H and O–H groups in total. The number of nitrogens with zero attached hydrogens (tertiary/aromatic N) is 3. The van der Waals surface area contributed by atoms with Crippen molar-refractivity contribution in [1.29, 1.82) is 0 Å². The van der Waals surface area contributed by atoms with Gasteiger partial charge in [-0.25, -0.2) is 9.78 Å². The maximum absolute atomic E-state index is 13.5. The molecule has 1 aliphatic carbocycles. The number of H-pyrrole nitrogens is 1. The molecule has 2 fully saturated rings. The number of nitrogens with one attached hydrogen (secondary N) is 2. The predicted octanol–water partition coefficient (Wildman–Crippen LogP) is 1.62. The van der Waals surface area contributed by atoms with E-state index >= 15 is 0 Å². The highest BCUT2D eigenvalue weighted by molar-refractivity contribution is 6.05. The van der Waals surface area contributed by atoms with Crippen molar-refractivity contribution in [2.75, 3.05) is 20.1 Å². The first-order valence-corrected chi connectivity index (χ1v) is 10.2. The fraction of sp³-hybridized carbons (Fsp3) is 0.600. The first-order chi connectivity index (χ1) is 13.5. The number of amides is 1. The van der Waals surface area contributed by atoms with Crippen LogP contribution < -0.4 is 16.6 Å². The average Bonchev–Trinajstić information content (AvgIpc) is 3.43. The van der Waals surface area contributed by atoms with E-state index in [1.807, 2.05) is 18.9 Å². The lowest BCUT2D eigenvalue weighted by Gasteiger charge is -2.25. The molecule has 8 nitrogen and oxygen atoms in total. The Kier molecular flexibility index (Phi) is 6.43. The van der Waals surface area contributed by atoms with Crippen LogP contribution in [0.2, 0.25) is 0 Å². The van der Waals surface area contributed by atoms with Crippen molar-refractivity contribution in [3.05, 3.63) is 38.2 Å². The molecular weight excluding hydrogens is 394 g/mol. The number of likely N-dealkylation sites (tertiary alicyclic amines) is 1. The van der Waals surface area contributed by atoms with Crippen LogP contribution in [0, 0.1) is 0 Å². The number of carbonyl (C=O) groups excluding carboxylic acids is 1. The zero-order valence-corrected chi connectivity index (χ0v) is 17.7. The molecule has 1 aliphatic heterocycles. The van der Waals surface area contributed by atoms with Crippen LogP contribution in [0.5, 0.6) is 0 Å². The van der Waals surface area contributed by atoms with Crippen molar-refractivity contribution in [3.63, 3.8) is 0 Å². The van der Waals surface area contributed by atoms with Crippen LogP contribution in [-0.4, -0.2) is 51.5 Å². The van der Waals surface area contributed by atoms with Crippen LogP contribution in [0.4, 0.5) is 0 Å². The summed E-state index contributed by atoms with van der Waals surface area (Å²) in [7, 11) is 1.88. The number of rotatable bonds is 6. The van der Waals surface area contributed by atoms with Gasteiger partial charge in [0, 0.05) is 37.3 Å². The fourth-order valence-corrected chi connectivity index (χ4v) is 4.19. The van der Waals surface area contributed by atoms with Gasteiger partial charge in [0.25, 0.3) is 11.5 Å². The molecule has 0 radical (unpaired) electrons. The number of aromatic amines is 1. The first-order valence-electron chi connectivity index (χ1n) is 10.2. The fourth-order valence-electron chi connectivity index (χ4n) is 4.19. The summed E-state index contributed by atoms with van der Waals surface area (Å²) in [6.45, 7) is 3.82. The SMILES string of the molecule is CCCn1c(=O)[nH]c(=O)c2c(C(=O)N3CCCC3CNC)cc(C3CC3)nc21.Cl. The molecule has 2 aliphatic rings. The number of likely N-dealkylation sites (N-methyl/N-ethyl adjacent to an activating group) is 1. The Morgan fingerprint density at radius 3 is 2.72 bits per heavy atom. The molecule has 1 saturated heterocycles. The van der Waals surface area contributed by atoms with E-state index < -0.39 is 11.2 Å². The third-order valence-electron chi connectivity index (χ3n) is 5.72. The monoisotopic (exact) mass is 421 g/mol. The highest BCUT2D eigenvalue weighted by Gasteiger charge is 2.33. The first kappa shape index (κ1) is 21.5. The standard InChI is InChI=1S/C20H27N5O3.ClH/c1-3-8-25-17-16(18(26)23-20(25)28)14(10-15(22-17)12-6-7-12)19(27)24-9-4-5-13(24)11-21-2;/h10,12-13,21H,3-9,11H2,1-2H3,(H,23,26,28);1H. The summed E-state index contributed by atoms with van der Waals surface area (Å²) in [6, 6.07) is 1.90. The number of hydrogen-bond acceptors (Lipinski definition) is 5. The molecule has 1 atom stereocenters. The predicted molar refractivity (Wildman–Crippen MR) is 114 cm³/mol. The smallest absolute Gasteiger partial charge is 0.329 e. The van der Waals surface area contributed by atoms with Gasteiger partial charge in [-0.05, 0) is 45.2 Å². The van der Waals surface area contributed by atoms with Crippen molar-refractivity contribution < 1.29 is 4.79 Å². The Hall–Kier alpha value is -2.19. The summed E-state index contributed by atoms with van der Waals surface area (Å²) >= 11 is 0. The molecule has 1 saturated carbocycles. The summed E-state index contributed by atoms with van der Waals surface area (Å²) in [5.41, 5.74) is 0.533. The van der Waals surface area contributed by atoms with Crippen LogP contribution in [0.1, 0.15) is 61.0 Å². The Bertz CT molecular complexity index is 1030. The summed E-state index contributed by atoms with van der Waals surface area (Å²) in [6.07, 6.45) is 4.68. The van der Waals surface area contributed by atoms with Gasteiger partial charge in [-0.1, -0.05) is 6.92 Å². The topological polar surface area (TPSA) is 100 Å². The molecule has 0 spiro atoms. The van der Waals surface area contributed by atoms with Crippen molar-refractivity contribution >= 4 is 29.3 Å². The maximum atomic E-state index is 13.5. The molecule has 9 heteroatoms. The van der Waals surface area contributed by atoms with Crippen LogP contribution in [0.25, 0.3) is 11.0 Å². The van der Waals surface area contributed by atoms with Crippen LogP contribution in [0.3, 0.4) is 0 Å². The van der Waals surface area contributed by atoms with Crippen molar-refractivity contribution in [2.24, 2.45) is 0 Å². The Balaban J connectivity index is 0.00000240. The van der Waals surface area contributed by atoms with E-state index in [9.17, 15) is 14.4 Å². The second-order valence-electron chi connectivity index (χ2n) is 7.83. The van der Waals surface area contributed by atoms with Gasteiger partial charge in [0.2, 0.25) is 0 Å². The average molecular weight is 422 g/mol. The lowest BCUT2D eigenvalue weighted by molar-refractivity contribution is 0.0738. The number of fused-ring (bicyclic) bond motifs is 1. The second kappa shape index (κ2) is 8.67. The summed E-state index contributed by atoms with van der Waals surface area (Å²) in [5.74, 6) is 0.173. The zero-order valence-electron chi connectivity index (χ0n) is 16.9. The van der Waals surface area contributed by atoms with Gasteiger partial charge in [0.05, 0.1) is 10.9 Å². The van der Waals surface area contributed by atoms with Crippen molar-refractivity contribution in [1.82, 2.24) is 24.8 Å². The third kappa shape index (κ3) is 3.96. The third-order valence-corrected chi connectivity index (χ3v) is 5.72. The Labute approximate surface area is 175 Å². The van der Waals surface area contributed by atoms with E-state index in [-0.39, 0.29) is 29.7 Å². The molecule has 0 bridgehead atoms. The normalized spacial score (nSPS) is 18.8. The molecule has 4 rings (SSSR count). The number of hydrogen-bond donors (Lipinski definition) is 2. The molecule has 0 aromatic carbocycles. The van der Waals surface area contributed by atoms with Gasteiger partial charge in [-0.2, -0.15) is 0 Å². The van der Waals surface area contributed by atoms with Gasteiger partial charge in [-0.15, -0.1) is 12.4 Å². The lowest BCUT2D eigenvalue weighted by Crippen LogP contribution is -2.41. The van der Waals surface area contributed by atoms with E-state index in [1.165, 1.54) is 4.57 Å². The molecule has 29 heavy (non-hydrogen) atoms. The van der Waals surface area contributed by atoms with E-state index in [0.29, 0.717) is 30.2 Å². The van der Waals surface area contributed by atoms with Crippen LogP contribution in [-0.2, 0) is 6.54 Å². The number of halogens is 1. The van der Waals surface area contributed by atoms with Crippen molar-refractivity contribution in [3.8, 4) is 0 Å².